The van der Waals surface area contributed by atoms with Gasteiger partial charge >= 0.3 is 0 Å². The second kappa shape index (κ2) is 5.23. The number of ether oxygens (including phenoxy) is 1. The highest BCUT2D eigenvalue weighted by Gasteiger charge is 2.26. The number of halogens is 1. The van der Waals surface area contributed by atoms with Gasteiger partial charge in [-0.1, -0.05) is 18.2 Å². The summed E-state index contributed by atoms with van der Waals surface area (Å²) in [5.74, 6) is 0.545. The molecule has 1 aromatic heterocycles. The highest BCUT2D eigenvalue weighted by atomic mass is 19.1. The number of rotatable bonds is 2. The summed E-state index contributed by atoms with van der Waals surface area (Å²) in [7, 11) is 1.66. The van der Waals surface area contributed by atoms with Crippen LogP contribution in [-0.4, -0.2) is 18.6 Å². The van der Waals surface area contributed by atoms with Gasteiger partial charge in [0.1, 0.15) is 17.1 Å². The summed E-state index contributed by atoms with van der Waals surface area (Å²) in [4.78, 5) is 6.71. The molecule has 0 spiro atoms. The first-order valence-electron chi connectivity index (χ1n) is 7.68. The fourth-order valence-electron chi connectivity index (χ4n) is 3.37. The zero-order valence-electron chi connectivity index (χ0n) is 13.1. The van der Waals surface area contributed by atoms with Gasteiger partial charge in [-0.05, 0) is 37.1 Å². The van der Waals surface area contributed by atoms with Crippen molar-refractivity contribution >= 4 is 22.3 Å². The fraction of sp³-hybridized carbons (Fsp3) is 0.211. The Bertz CT molecular complexity index is 907. The van der Waals surface area contributed by atoms with Crippen LogP contribution in [0.3, 0.4) is 0 Å². The van der Waals surface area contributed by atoms with Crippen molar-refractivity contribution in [2.24, 2.45) is 0 Å². The van der Waals surface area contributed by atoms with E-state index < -0.39 is 0 Å². The maximum absolute atomic E-state index is 14.2. The molecule has 1 aliphatic rings. The van der Waals surface area contributed by atoms with Crippen LogP contribution < -0.4 is 9.64 Å². The Balaban J connectivity index is 1.97. The van der Waals surface area contributed by atoms with E-state index in [1.807, 2.05) is 31.2 Å². The molecule has 116 valence electrons. The second-order valence-corrected chi connectivity index (χ2v) is 5.76. The Morgan fingerprint density at radius 3 is 2.83 bits per heavy atom. The molecule has 2 heterocycles. The molecule has 0 fully saturated rings. The molecular formula is C19H17FN2O. The van der Waals surface area contributed by atoms with Crippen LogP contribution in [0.15, 0.2) is 42.5 Å². The lowest BCUT2D eigenvalue weighted by atomic mass is 10.1. The van der Waals surface area contributed by atoms with Crippen LogP contribution in [0.1, 0.15) is 11.3 Å². The summed E-state index contributed by atoms with van der Waals surface area (Å²) >= 11 is 0. The normalized spacial score (nSPS) is 13.4. The molecule has 23 heavy (non-hydrogen) atoms. The molecule has 2 aromatic carbocycles. The third-order valence-corrected chi connectivity index (χ3v) is 4.46. The number of pyridine rings is 1. The maximum atomic E-state index is 14.2. The van der Waals surface area contributed by atoms with E-state index in [9.17, 15) is 4.39 Å². The number of aryl methyl sites for hydroxylation is 1. The molecule has 3 nitrogen and oxygen atoms in total. The zero-order valence-corrected chi connectivity index (χ0v) is 13.1. The number of aromatic nitrogens is 1. The summed E-state index contributed by atoms with van der Waals surface area (Å²) in [6.45, 7) is 2.82. The molecule has 0 saturated heterocycles. The van der Waals surface area contributed by atoms with Crippen LogP contribution in [0.25, 0.3) is 10.9 Å². The molecule has 4 rings (SSSR count). The van der Waals surface area contributed by atoms with Crippen molar-refractivity contribution in [2.45, 2.75) is 13.3 Å². The van der Waals surface area contributed by atoms with Crippen molar-refractivity contribution in [1.29, 1.82) is 0 Å². The lowest BCUT2D eigenvalue weighted by Crippen LogP contribution is -2.13. The third-order valence-electron chi connectivity index (χ3n) is 4.46. The Hall–Kier alpha value is -2.62. The molecule has 1 aliphatic heterocycles. The number of para-hydroxylation sites is 1. The van der Waals surface area contributed by atoms with Crippen LogP contribution in [0.2, 0.25) is 0 Å². The predicted molar refractivity (Wildman–Crippen MR) is 90.1 cm³/mol. The van der Waals surface area contributed by atoms with Gasteiger partial charge in [-0.3, -0.25) is 0 Å². The predicted octanol–water partition coefficient (Wildman–Crippen LogP) is 4.39. The smallest absolute Gasteiger partial charge is 0.149 e. The summed E-state index contributed by atoms with van der Waals surface area (Å²) in [5.41, 5.74) is 4.67. The summed E-state index contributed by atoms with van der Waals surface area (Å²) in [6.07, 6.45) is 0.915. The van der Waals surface area contributed by atoms with Gasteiger partial charge in [0, 0.05) is 29.4 Å². The average Bonchev–Trinajstić information content (AvgIpc) is 3.02. The van der Waals surface area contributed by atoms with Crippen molar-refractivity contribution < 1.29 is 9.13 Å². The molecular weight excluding hydrogens is 291 g/mol. The van der Waals surface area contributed by atoms with Crippen LogP contribution in [0, 0.1) is 12.7 Å². The minimum Gasteiger partial charge on any atom is -0.497 e. The zero-order chi connectivity index (χ0) is 16.0. The number of methoxy groups -OCH3 is 1. The molecule has 0 unspecified atom stereocenters. The molecule has 4 heteroatoms. The van der Waals surface area contributed by atoms with Gasteiger partial charge in [-0.2, -0.15) is 0 Å². The Labute approximate surface area is 134 Å². The van der Waals surface area contributed by atoms with Crippen LogP contribution in [-0.2, 0) is 6.42 Å². The molecule has 0 bridgehead atoms. The summed E-state index contributed by atoms with van der Waals surface area (Å²) < 4.78 is 19.5. The first kappa shape index (κ1) is 14.0. The van der Waals surface area contributed by atoms with Gasteiger partial charge in [-0.25, -0.2) is 9.37 Å². The minimum absolute atomic E-state index is 0.272. The Morgan fingerprint density at radius 2 is 2.00 bits per heavy atom. The van der Waals surface area contributed by atoms with Gasteiger partial charge < -0.3 is 9.64 Å². The molecule has 0 amide bonds. The topological polar surface area (TPSA) is 25.4 Å². The average molecular weight is 308 g/mol. The highest BCUT2D eigenvalue weighted by molar-refractivity contribution is 5.97. The van der Waals surface area contributed by atoms with Gasteiger partial charge in [0.05, 0.1) is 12.8 Å². The third kappa shape index (κ3) is 2.13. The molecule has 0 saturated carbocycles. The molecule has 0 atom stereocenters. The van der Waals surface area contributed by atoms with Gasteiger partial charge in [0.2, 0.25) is 0 Å². The second-order valence-electron chi connectivity index (χ2n) is 5.76. The largest absolute Gasteiger partial charge is 0.497 e. The van der Waals surface area contributed by atoms with E-state index in [1.165, 1.54) is 11.6 Å². The van der Waals surface area contributed by atoms with E-state index in [0.717, 1.165) is 41.2 Å². The molecule has 0 N–H and O–H groups in total. The minimum atomic E-state index is -0.272. The first-order valence-corrected chi connectivity index (χ1v) is 7.68. The van der Waals surface area contributed by atoms with Crippen molar-refractivity contribution in [2.75, 3.05) is 18.6 Å². The first-order chi connectivity index (χ1) is 11.2. The number of hydrogen-bond acceptors (Lipinski definition) is 3. The van der Waals surface area contributed by atoms with Crippen LogP contribution in [0.5, 0.6) is 5.75 Å². The van der Waals surface area contributed by atoms with Crippen LogP contribution >= 0.6 is 0 Å². The van der Waals surface area contributed by atoms with E-state index >= 15 is 0 Å². The lowest BCUT2D eigenvalue weighted by molar-refractivity contribution is 0.415. The van der Waals surface area contributed by atoms with E-state index in [-0.39, 0.29) is 5.82 Å². The number of hydrogen-bond donors (Lipinski definition) is 0. The Morgan fingerprint density at radius 1 is 1.17 bits per heavy atom. The number of benzene rings is 2. The van der Waals surface area contributed by atoms with Crippen LogP contribution in [0.4, 0.5) is 15.8 Å². The van der Waals surface area contributed by atoms with E-state index in [0.29, 0.717) is 5.52 Å². The van der Waals surface area contributed by atoms with Crippen molar-refractivity contribution in [3.63, 3.8) is 0 Å². The lowest BCUT2D eigenvalue weighted by Gasteiger charge is -2.22. The standard InChI is InChI=1S/C19H17FN2O/c1-12-15-9-10-22(13-5-3-6-14(11-13)23-2)19(15)16-7-4-8-17(20)18(16)21-12/h3-8,11H,9-10H2,1-2H3. The van der Waals surface area contributed by atoms with Crippen molar-refractivity contribution in [1.82, 2.24) is 4.98 Å². The number of nitrogens with zero attached hydrogens (tertiary/aromatic N) is 2. The molecule has 0 aliphatic carbocycles. The highest BCUT2D eigenvalue weighted by Crippen LogP contribution is 2.41. The molecule has 3 aromatic rings. The SMILES string of the molecule is COc1cccc(N2CCc3c(C)nc4c(F)cccc4c32)c1. The number of fused-ring (bicyclic) bond motifs is 3. The number of anilines is 2. The Kier molecular flexibility index (Phi) is 3.18. The summed E-state index contributed by atoms with van der Waals surface area (Å²) in [5, 5.41) is 0.867. The monoisotopic (exact) mass is 308 g/mol. The summed E-state index contributed by atoms with van der Waals surface area (Å²) in [6, 6.07) is 13.1. The van der Waals surface area contributed by atoms with Crippen molar-refractivity contribution in [3.05, 3.63) is 59.5 Å². The fourth-order valence-corrected chi connectivity index (χ4v) is 3.37. The quantitative estimate of drug-likeness (QED) is 0.702. The van der Waals surface area contributed by atoms with Gasteiger partial charge in [0.25, 0.3) is 0 Å². The van der Waals surface area contributed by atoms with E-state index in [2.05, 4.69) is 16.0 Å². The van der Waals surface area contributed by atoms with E-state index in [1.54, 1.807) is 13.2 Å². The van der Waals surface area contributed by atoms with Crippen molar-refractivity contribution in [3.8, 4) is 5.75 Å². The van der Waals surface area contributed by atoms with E-state index in [4.69, 9.17) is 4.74 Å². The van der Waals surface area contributed by atoms with Gasteiger partial charge in [-0.15, -0.1) is 0 Å². The maximum Gasteiger partial charge on any atom is 0.149 e. The van der Waals surface area contributed by atoms with Gasteiger partial charge in [0.15, 0.2) is 0 Å². The molecule has 0 radical (unpaired) electrons.